The van der Waals surface area contributed by atoms with Crippen molar-refractivity contribution in [2.45, 2.75) is 32.9 Å². The monoisotopic (exact) mass is 459 g/mol. The van der Waals surface area contributed by atoms with E-state index in [0.29, 0.717) is 41.7 Å². The molecular weight excluding hydrogens is 434 g/mol. The zero-order valence-electron chi connectivity index (χ0n) is 19.6. The Morgan fingerprint density at radius 2 is 1.31 bits per heavy atom. The highest BCUT2D eigenvalue weighted by Crippen LogP contribution is 2.26. The summed E-state index contributed by atoms with van der Waals surface area (Å²) in [5.74, 6) is 0.778. The molecule has 3 heterocycles. The van der Waals surface area contributed by atoms with E-state index in [1.165, 1.54) is 5.56 Å². The van der Waals surface area contributed by atoms with Crippen LogP contribution in [-0.4, -0.2) is 24.1 Å². The minimum atomic E-state index is -0.0517. The third-order valence-corrected chi connectivity index (χ3v) is 6.50. The second kappa shape index (κ2) is 8.80. The number of rotatable bonds is 6. The summed E-state index contributed by atoms with van der Waals surface area (Å²) in [7, 11) is 0. The number of aromatic nitrogens is 5. The summed E-state index contributed by atoms with van der Waals surface area (Å²) in [6.07, 6.45) is 1.42. The fourth-order valence-corrected chi connectivity index (χ4v) is 4.74. The summed E-state index contributed by atoms with van der Waals surface area (Å²) in [5.41, 5.74) is 5.79. The van der Waals surface area contributed by atoms with Crippen LogP contribution >= 0.6 is 0 Å². The van der Waals surface area contributed by atoms with Crippen LogP contribution in [0, 0.1) is 0 Å². The van der Waals surface area contributed by atoms with Crippen molar-refractivity contribution in [3.63, 3.8) is 0 Å². The first-order valence-corrected chi connectivity index (χ1v) is 12.0. The van der Waals surface area contributed by atoms with Crippen molar-refractivity contribution in [1.82, 2.24) is 24.1 Å². The van der Waals surface area contributed by atoms with Crippen molar-refractivity contribution in [2.24, 2.45) is 0 Å². The molecule has 0 aliphatic heterocycles. The molecule has 0 spiro atoms. The zero-order chi connectivity index (χ0) is 23.8. The molecular formula is C29H25N5O. The fraction of sp³-hybridized carbons (Fsp3) is 0.172. The molecule has 0 bridgehead atoms. The van der Waals surface area contributed by atoms with Crippen LogP contribution in [0.5, 0.6) is 0 Å². The maximum atomic E-state index is 14.0. The molecule has 0 amide bonds. The molecule has 0 fully saturated rings. The third kappa shape index (κ3) is 3.77. The Labute approximate surface area is 202 Å². The van der Waals surface area contributed by atoms with Gasteiger partial charge in [0.25, 0.3) is 5.56 Å². The van der Waals surface area contributed by atoms with Crippen molar-refractivity contribution in [1.29, 1.82) is 0 Å². The quantitative estimate of drug-likeness (QED) is 0.346. The van der Waals surface area contributed by atoms with Gasteiger partial charge in [0.1, 0.15) is 16.7 Å². The lowest BCUT2D eigenvalue weighted by Gasteiger charge is -2.12. The first kappa shape index (κ1) is 21.2. The van der Waals surface area contributed by atoms with E-state index in [9.17, 15) is 4.79 Å². The SMILES string of the molecule is CCc1nc2c(c(=O)n1CCc1ccccc1)c1nc3ccccc3nc1n2Cc1ccccc1. The molecule has 35 heavy (non-hydrogen) atoms. The van der Waals surface area contributed by atoms with Gasteiger partial charge in [-0.2, -0.15) is 0 Å². The Balaban J connectivity index is 1.61. The Kier molecular flexibility index (Phi) is 5.34. The van der Waals surface area contributed by atoms with Crippen molar-refractivity contribution >= 4 is 33.2 Å². The van der Waals surface area contributed by atoms with Crippen LogP contribution < -0.4 is 5.56 Å². The van der Waals surface area contributed by atoms with Gasteiger partial charge in [0, 0.05) is 13.0 Å². The topological polar surface area (TPSA) is 65.6 Å². The molecule has 6 heteroatoms. The molecule has 6 rings (SSSR count). The Morgan fingerprint density at radius 1 is 0.686 bits per heavy atom. The molecule has 3 aromatic carbocycles. The van der Waals surface area contributed by atoms with Crippen molar-refractivity contribution in [3.05, 3.63) is 112 Å². The van der Waals surface area contributed by atoms with Gasteiger partial charge in [0.15, 0.2) is 11.3 Å². The van der Waals surface area contributed by atoms with Crippen LogP contribution in [0.1, 0.15) is 23.9 Å². The molecule has 0 aliphatic carbocycles. The van der Waals surface area contributed by atoms with Crippen LogP contribution in [0.4, 0.5) is 0 Å². The highest BCUT2D eigenvalue weighted by atomic mass is 16.1. The zero-order valence-corrected chi connectivity index (χ0v) is 19.6. The summed E-state index contributed by atoms with van der Waals surface area (Å²) in [6, 6.07) is 28.2. The second-order valence-electron chi connectivity index (χ2n) is 8.73. The van der Waals surface area contributed by atoms with Gasteiger partial charge in [0.2, 0.25) is 0 Å². The van der Waals surface area contributed by atoms with Crippen molar-refractivity contribution in [3.8, 4) is 0 Å². The Morgan fingerprint density at radius 3 is 2.00 bits per heavy atom. The standard InChI is InChI=1S/C29H25N5O/c1-2-24-32-27-25(29(35)33(24)18-17-20-11-5-3-6-12-20)26-28(31-23-16-10-9-15-22(23)30-26)34(27)19-21-13-7-4-8-14-21/h3-16H,2,17-19H2,1H3. The predicted octanol–water partition coefficient (Wildman–Crippen LogP) is 5.15. The molecule has 0 aliphatic rings. The molecule has 172 valence electrons. The van der Waals surface area contributed by atoms with E-state index < -0.39 is 0 Å². The van der Waals surface area contributed by atoms with E-state index in [2.05, 4.69) is 24.3 Å². The normalized spacial score (nSPS) is 11.6. The number of nitrogens with zero attached hydrogens (tertiary/aromatic N) is 5. The number of para-hydroxylation sites is 2. The molecule has 0 unspecified atom stereocenters. The highest BCUT2D eigenvalue weighted by Gasteiger charge is 2.22. The number of hydrogen-bond acceptors (Lipinski definition) is 4. The van der Waals surface area contributed by atoms with Gasteiger partial charge in [-0.15, -0.1) is 0 Å². The molecule has 0 saturated carbocycles. The van der Waals surface area contributed by atoms with Crippen LogP contribution in [0.2, 0.25) is 0 Å². The molecule has 6 nitrogen and oxygen atoms in total. The van der Waals surface area contributed by atoms with Crippen LogP contribution in [0.3, 0.4) is 0 Å². The van der Waals surface area contributed by atoms with Gasteiger partial charge >= 0.3 is 0 Å². The molecule has 0 N–H and O–H groups in total. The van der Waals surface area contributed by atoms with Gasteiger partial charge in [-0.3, -0.25) is 9.36 Å². The van der Waals surface area contributed by atoms with Gasteiger partial charge < -0.3 is 4.57 Å². The van der Waals surface area contributed by atoms with E-state index in [1.807, 2.05) is 76.7 Å². The summed E-state index contributed by atoms with van der Waals surface area (Å²) in [4.78, 5) is 28.9. The van der Waals surface area contributed by atoms with E-state index in [4.69, 9.17) is 15.0 Å². The first-order chi connectivity index (χ1) is 17.2. The summed E-state index contributed by atoms with van der Waals surface area (Å²) >= 11 is 0. The lowest BCUT2D eigenvalue weighted by Crippen LogP contribution is -2.26. The number of aryl methyl sites for hydroxylation is 2. The number of benzene rings is 3. The van der Waals surface area contributed by atoms with Crippen molar-refractivity contribution < 1.29 is 0 Å². The van der Waals surface area contributed by atoms with Crippen LogP contribution in [-0.2, 0) is 25.9 Å². The number of hydrogen-bond donors (Lipinski definition) is 0. The third-order valence-electron chi connectivity index (χ3n) is 6.50. The maximum absolute atomic E-state index is 14.0. The Bertz CT molecular complexity index is 1720. The average Bonchev–Trinajstić information content (AvgIpc) is 3.20. The molecule has 3 aromatic heterocycles. The van der Waals surface area contributed by atoms with Gasteiger partial charge in [-0.1, -0.05) is 79.7 Å². The molecule has 0 radical (unpaired) electrons. The lowest BCUT2D eigenvalue weighted by molar-refractivity contribution is 0.619. The van der Waals surface area contributed by atoms with Crippen LogP contribution in [0.15, 0.2) is 89.7 Å². The average molecular weight is 460 g/mol. The minimum absolute atomic E-state index is 0.0517. The van der Waals surface area contributed by atoms with Crippen molar-refractivity contribution in [2.75, 3.05) is 0 Å². The number of fused-ring (bicyclic) bond motifs is 4. The summed E-state index contributed by atoms with van der Waals surface area (Å²) in [6.45, 7) is 3.18. The van der Waals surface area contributed by atoms with E-state index in [1.54, 1.807) is 0 Å². The second-order valence-corrected chi connectivity index (χ2v) is 8.73. The van der Waals surface area contributed by atoms with Gasteiger partial charge in [-0.05, 0) is 29.7 Å². The smallest absolute Gasteiger partial charge is 0.265 e. The van der Waals surface area contributed by atoms with Gasteiger partial charge in [-0.25, -0.2) is 15.0 Å². The summed E-state index contributed by atoms with van der Waals surface area (Å²) < 4.78 is 3.86. The van der Waals surface area contributed by atoms with E-state index >= 15 is 0 Å². The lowest BCUT2D eigenvalue weighted by atomic mass is 10.1. The fourth-order valence-electron chi connectivity index (χ4n) is 4.74. The molecule has 6 aromatic rings. The van der Waals surface area contributed by atoms with Crippen LogP contribution in [0.25, 0.3) is 33.2 Å². The summed E-state index contributed by atoms with van der Waals surface area (Å²) in [5, 5.41) is 0.541. The van der Waals surface area contributed by atoms with E-state index in [0.717, 1.165) is 28.8 Å². The largest absolute Gasteiger partial charge is 0.304 e. The minimum Gasteiger partial charge on any atom is -0.304 e. The molecule has 0 atom stereocenters. The predicted molar refractivity (Wildman–Crippen MR) is 140 cm³/mol. The van der Waals surface area contributed by atoms with E-state index in [-0.39, 0.29) is 5.56 Å². The maximum Gasteiger partial charge on any atom is 0.265 e. The molecule has 0 saturated heterocycles. The van der Waals surface area contributed by atoms with Gasteiger partial charge in [0.05, 0.1) is 17.6 Å². The Hall–Kier alpha value is -4.32. The first-order valence-electron chi connectivity index (χ1n) is 12.0. The highest BCUT2D eigenvalue weighted by molar-refractivity contribution is 6.04.